The predicted molar refractivity (Wildman–Crippen MR) is 65.3 cm³/mol. The number of hydrogen-bond donors (Lipinski definition) is 2. The normalized spacial score (nSPS) is 20.8. The Morgan fingerprint density at radius 1 is 1.47 bits per heavy atom. The van der Waals surface area contributed by atoms with Gasteiger partial charge in [-0.1, -0.05) is 19.3 Å². The minimum Gasteiger partial charge on any atom is -0.467 e. The van der Waals surface area contributed by atoms with E-state index in [1.54, 1.807) is 6.26 Å². The molecule has 94 valence electrons. The smallest absolute Gasteiger partial charge is 0.240 e. The molecule has 1 aromatic rings. The Labute approximate surface area is 102 Å². The van der Waals surface area contributed by atoms with Crippen LogP contribution in [0.15, 0.2) is 22.8 Å². The minimum atomic E-state index is -0.681. The summed E-state index contributed by atoms with van der Waals surface area (Å²) in [7, 11) is 0. The largest absolute Gasteiger partial charge is 0.467 e. The summed E-state index contributed by atoms with van der Waals surface area (Å²) in [6.45, 7) is 1.91. The Hall–Kier alpha value is -1.29. The van der Waals surface area contributed by atoms with E-state index in [1.807, 2.05) is 19.1 Å². The maximum Gasteiger partial charge on any atom is 0.240 e. The first-order chi connectivity index (χ1) is 8.12. The van der Waals surface area contributed by atoms with Crippen LogP contribution in [-0.2, 0) is 4.79 Å². The molecule has 0 bridgehead atoms. The zero-order valence-electron chi connectivity index (χ0n) is 10.2. The molecule has 2 rings (SSSR count). The molecule has 1 saturated carbocycles. The number of nitrogens with two attached hydrogens (primary N) is 1. The van der Waals surface area contributed by atoms with Gasteiger partial charge in [0.1, 0.15) is 5.76 Å². The van der Waals surface area contributed by atoms with Crippen LogP contribution in [0.5, 0.6) is 0 Å². The molecule has 0 saturated heterocycles. The quantitative estimate of drug-likeness (QED) is 0.844. The van der Waals surface area contributed by atoms with Crippen molar-refractivity contribution in [1.82, 2.24) is 5.32 Å². The molecule has 0 aromatic carbocycles. The first-order valence-corrected chi connectivity index (χ1v) is 6.25. The second kappa shape index (κ2) is 4.92. The zero-order valence-corrected chi connectivity index (χ0v) is 10.2. The summed E-state index contributed by atoms with van der Waals surface area (Å²) in [6, 6.07) is 3.55. The Balaban J connectivity index is 1.96. The second-order valence-corrected chi connectivity index (χ2v) is 4.93. The first-order valence-electron chi connectivity index (χ1n) is 6.25. The molecule has 1 heterocycles. The fourth-order valence-electron chi connectivity index (χ4n) is 2.36. The molecule has 4 heteroatoms. The Morgan fingerprint density at radius 2 is 2.18 bits per heavy atom. The first kappa shape index (κ1) is 12.2. The standard InChI is InChI=1S/C13H20N2O2/c1-10(11-6-5-9-17-11)15-12(16)13(14)7-3-2-4-8-13/h5-6,9-10H,2-4,7-8,14H2,1H3,(H,15,16)/t10-/m0/s1. The van der Waals surface area contributed by atoms with Crippen molar-refractivity contribution in [3.8, 4) is 0 Å². The lowest BCUT2D eigenvalue weighted by molar-refractivity contribution is -0.128. The van der Waals surface area contributed by atoms with Crippen LogP contribution in [-0.4, -0.2) is 11.4 Å². The van der Waals surface area contributed by atoms with E-state index in [0.29, 0.717) is 0 Å². The summed E-state index contributed by atoms with van der Waals surface area (Å²) in [4.78, 5) is 12.1. The van der Waals surface area contributed by atoms with Crippen molar-refractivity contribution in [2.24, 2.45) is 5.73 Å². The summed E-state index contributed by atoms with van der Waals surface area (Å²) < 4.78 is 5.26. The number of carbonyl (C=O) groups is 1. The van der Waals surface area contributed by atoms with Gasteiger partial charge < -0.3 is 15.5 Å². The van der Waals surface area contributed by atoms with E-state index in [9.17, 15) is 4.79 Å². The van der Waals surface area contributed by atoms with E-state index in [0.717, 1.165) is 31.4 Å². The Bertz CT molecular complexity index is 367. The Kier molecular flexibility index (Phi) is 3.52. The molecule has 0 spiro atoms. The van der Waals surface area contributed by atoms with E-state index in [4.69, 9.17) is 10.2 Å². The number of hydrogen-bond acceptors (Lipinski definition) is 3. The molecule has 0 radical (unpaired) electrons. The highest BCUT2D eigenvalue weighted by Crippen LogP contribution is 2.27. The molecular formula is C13H20N2O2. The van der Waals surface area contributed by atoms with Crippen molar-refractivity contribution >= 4 is 5.91 Å². The lowest BCUT2D eigenvalue weighted by atomic mass is 9.82. The number of carbonyl (C=O) groups excluding carboxylic acids is 1. The molecule has 1 atom stereocenters. The summed E-state index contributed by atoms with van der Waals surface area (Å²) in [6.07, 6.45) is 6.43. The van der Waals surface area contributed by atoms with Crippen molar-refractivity contribution in [3.63, 3.8) is 0 Å². The average molecular weight is 236 g/mol. The molecule has 4 nitrogen and oxygen atoms in total. The highest BCUT2D eigenvalue weighted by atomic mass is 16.3. The molecule has 0 aliphatic heterocycles. The fraction of sp³-hybridized carbons (Fsp3) is 0.615. The third-order valence-electron chi connectivity index (χ3n) is 3.52. The van der Waals surface area contributed by atoms with Crippen molar-refractivity contribution in [3.05, 3.63) is 24.2 Å². The topological polar surface area (TPSA) is 68.3 Å². The molecule has 17 heavy (non-hydrogen) atoms. The fourth-order valence-corrected chi connectivity index (χ4v) is 2.36. The van der Waals surface area contributed by atoms with Crippen LogP contribution in [0.2, 0.25) is 0 Å². The van der Waals surface area contributed by atoms with Gasteiger partial charge in [-0.15, -0.1) is 0 Å². The average Bonchev–Trinajstić information content (AvgIpc) is 2.83. The molecule has 1 amide bonds. The van der Waals surface area contributed by atoms with E-state index in [2.05, 4.69) is 5.32 Å². The summed E-state index contributed by atoms with van der Waals surface area (Å²) in [5.74, 6) is 0.707. The SMILES string of the molecule is C[C@H](NC(=O)C1(N)CCCCC1)c1ccco1. The van der Waals surface area contributed by atoms with Gasteiger partial charge in [-0.2, -0.15) is 0 Å². The summed E-state index contributed by atoms with van der Waals surface area (Å²) in [5, 5.41) is 2.93. The molecule has 1 aliphatic rings. The van der Waals surface area contributed by atoms with E-state index < -0.39 is 5.54 Å². The van der Waals surface area contributed by atoms with Crippen LogP contribution >= 0.6 is 0 Å². The third-order valence-corrected chi connectivity index (χ3v) is 3.52. The van der Waals surface area contributed by atoms with Crippen LogP contribution in [0.25, 0.3) is 0 Å². The van der Waals surface area contributed by atoms with Gasteiger partial charge >= 0.3 is 0 Å². The molecule has 0 unspecified atom stereocenters. The number of amides is 1. The van der Waals surface area contributed by atoms with Crippen LogP contribution < -0.4 is 11.1 Å². The van der Waals surface area contributed by atoms with Crippen LogP contribution in [0, 0.1) is 0 Å². The van der Waals surface area contributed by atoms with Gasteiger partial charge in [0.2, 0.25) is 5.91 Å². The lowest BCUT2D eigenvalue weighted by Gasteiger charge is -2.32. The van der Waals surface area contributed by atoms with Gasteiger partial charge in [-0.25, -0.2) is 0 Å². The van der Waals surface area contributed by atoms with Crippen LogP contribution in [0.3, 0.4) is 0 Å². The van der Waals surface area contributed by atoms with Gasteiger partial charge in [0.05, 0.1) is 17.8 Å². The minimum absolute atomic E-state index is 0.0545. The van der Waals surface area contributed by atoms with Crippen molar-refractivity contribution in [2.45, 2.75) is 50.6 Å². The Morgan fingerprint density at radius 3 is 2.76 bits per heavy atom. The van der Waals surface area contributed by atoms with E-state index in [-0.39, 0.29) is 11.9 Å². The number of furan rings is 1. The molecular weight excluding hydrogens is 216 g/mol. The number of nitrogens with one attached hydrogen (secondary N) is 1. The van der Waals surface area contributed by atoms with Gasteiger partial charge in [0.25, 0.3) is 0 Å². The van der Waals surface area contributed by atoms with Crippen molar-refractivity contribution in [1.29, 1.82) is 0 Å². The molecule has 3 N–H and O–H groups in total. The molecule has 1 fully saturated rings. The molecule has 1 aromatic heterocycles. The van der Waals surface area contributed by atoms with Crippen molar-refractivity contribution in [2.75, 3.05) is 0 Å². The number of rotatable bonds is 3. The second-order valence-electron chi connectivity index (χ2n) is 4.93. The van der Waals surface area contributed by atoms with Crippen molar-refractivity contribution < 1.29 is 9.21 Å². The maximum atomic E-state index is 12.1. The van der Waals surface area contributed by atoms with Gasteiger partial charge in [-0.05, 0) is 31.9 Å². The maximum absolute atomic E-state index is 12.1. The zero-order chi connectivity index (χ0) is 12.3. The van der Waals surface area contributed by atoms with Gasteiger partial charge in [0.15, 0.2) is 0 Å². The molecule has 1 aliphatic carbocycles. The summed E-state index contributed by atoms with van der Waals surface area (Å²) >= 11 is 0. The van der Waals surface area contributed by atoms with E-state index in [1.165, 1.54) is 6.42 Å². The van der Waals surface area contributed by atoms with E-state index >= 15 is 0 Å². The van der Waals surface area contributed by atoms with Crippen LogP contribution in [0.4, 0.5) is 0 Å². The van der Waals surface area contributed by atoms with Crippen LogP contribution in [0.1, 0.15) is 50.8 Å². The third kappa shape index (κ3) is 2.69. The lowest BCUT2D eigenvalue weighted by Crippen LogP contribution is -2.55. The monoisotopic (exact) mass is 236 g/mol. The summed E-state index contributed by atoms with van der Waals surface area (Å²) in [5.41, 5.74) is 5.48. The highest BCUT2D eigenvalue weighted by molar-refractivity contribution is 5.86. The highest BCUT2D eigenvalue weighted by Gasteiger charge is 2.36. The van der Waals surface area contributed by atoms with Gasteiger partial charge in [0, 0.05) is 0 Å². The van der Waals surface area contributed by atoms with Gasteiger partial charge in [-0.3, -0.25) is 4.79 Å². The predicted octanol–water partition coefficient (Wildman–Crippen LogP) is 2.12.